The molecule has 8 nitrogen and oxygen atoms in total. The van der Waals surface area contributed by atoms with Crippen molar-refractivity contribution in [3.8, 4) is 11.1 Å². The Labute approximate surface area is 214 Å². The molecule has 162 valence electrons. The minimum atomic E-state index is -4.51. The van der Waals surface area contributed by atoms with E-state index in [1.807, 2.05) is 12.1 Å². The van der Waals surface area contributed by atoms with Crippen molar-refractivity contribution in [2.75, 3.05) is 5.73 Å². The summed E-state index contributed by atoms with van der Waals surface area (Å²) in [5.74, 6) is -0.0747. The fraction of sp³-hybridized carbons (Fsp3) is 0.0435. The number of hydrogen-bond acceptors (Lipinski definition) is 7. The van der Waals surface area contributed by atoms with Crippen LogP contribution >= 0.6 is 0 Å². The largest absolute Gasteiger partial charge is 1.00 e. The maximum absolute atomic E-state index is 11.9. The number of Topliss-reactive ketones (excluding diaryl/α,β-unsaturated/α-hetero) is 1. The molecular weight excluding hydrogens is 451 g/mol. The molecule has 33 heavy (non-hydrogen) atoms. The van der Waals surface area contributed by atoms with Crippen LogP contribution in [0, 0.1) is 0 Å². The molecule has 0 saturated heterocycles. The predicted molar refractivity (Wildman–Crippen MR) is 123 cm³/mol. The number of nitrogen functional groups attached to an aromatic ring is 1. The molecule has 0 atom stereocenters. The summed E-state index contributed by atoms with van der Waals surface area (Å²) in [6, 6.07) is 16.6. The van der Waals surface area contributed by atoms with Gasteiger partial charge in [-0.3, -0.25) is 14.3 Å². The third-order valence-electron chi connectivity index (χ3n) is 4.92. The normalized spacial score (nSPS) is 11.5. The second-order valence-corrected chi connectivity index (χ2v) is 8.45. The zero-order valence-electron chi connectivity index (χ0n) is 18.9. The summed E-state index contributed by atoms with van der Waals surface area (Å²) in [4.78, 5) is 15.8. The molecule has 0 spiro atoms. The van der Waals surface area contributed by atoms with Crippen molar-refractivity contribution >= 4 is 43.7 Å². The Kier molecular flexibility index (Phi) is 7.41. The summed E-state index contributed by atoms with van der Waals surface area (Å²) in [5, 5.41) is 8.98. The van der Waals surface area contributed by atoms with Gasteiger partial charge in [0.1, 0.15) is 16.3 Å². The van der Waals surface area contributed by atoms with Gasteiger partial charge in [-0.1, -0.05) is 48.5 Å². The quantitative estimate of drug-likeness (QED) is 0.151. The van der Waals surface area contributed by atoms with Gasteiger partial charge in [0, 0.05) is 28.1 Å². The second-order valence-electron chi connectivity index (χ2n) is 7.06. The van der Waals surface area contributed by atoms with Gasteiger partial charge in [0.25, 0.3) is 10.1 Å². The topological polar surface area (TPSA) is 135 Å². The number of aromatic nitrogens is 1. The van der Waals surface area contributed by atoms with Crippen LogP contribution in [-0.4, -0.2) is 23.7 Å². The summed E-state index contributed by atoms with van der Waals surface area (Å²) in [7, 11) is -4.51. The molecule has 10 heteroatoms. The van der Waals surface area contributed by atoms with E-state index in [2.05, 4.69) is 15.2 Å². The number of benzene rings is 3. The molecule has 0 aliphatic heterocycles. The molecule has 4 rings (SSSR count). The Balaban J connectivity index is 0.00000204. The van der Waals surface area contributed by atoms with Gasteiger partial charge in [0.15, 0.2) is 5.78 Å². The maximum Gasteiger partial charge on any atom is 1.00 e. The van der Waals surface area contributed by atoms with Crippen LogP contribution in [0.25, 0.3) is 21.9 Å². The summed E-state index contributed by atoms with van der Waals surface area (Å²) in [6.07, 6.45) is 3.09. The minimum absolute atomic E-state index is 0. The number of nitrogens with zero attached hydrogens (tertiary/aromatic N) is 3. The van der Waals surface area contributed by atoms with E-state index in [-0.39, 0.29) is 58.4 Å². The molecule has 0 aliphatic carbocycles. The van der Waals surface area contributed by atoms with Crippen molar-refractivity contribution in [2.24, 2.45) is 10.2 Å². The van der Waals surface area contributed by atoms with E-state index in [9.17, 15) is 17.8 Å². The minimum Gasteiger partial charge on any atom is -1.00 e. The number of nitrogens with two attached hydrogens (primary N) is 1. The molecule has 3 N–H and O–H groups in total. The number of hydrogen-bond donors (Lipinski definition) is 2. The first-order valence-corrected chi connectivity index (χ1v) is 11.0. The Hall–Kier alpha value is -2.95. The van der Waals surface area contributed by atoms with Crippen molar-refractivity contribution in [1.29, 1.82) is 0 Å². The SMILES string of the molecule is CC(=O)c1ccccc1-c1cncc(N=Nc2cc(S(=O)(=O)O)c3ccccc3c2N)c1.[H-].[Na+]. The van der Waals surface area contributed by atoms with Crippen LogP contribution in [0.15, 0.2) is 88.2 Å². The van der Waals surface area contributed by atoms with Crippen LogP contribution in [0.5, 0.6) is 0 Å². The average molecular weight is 470 g/mol. The first-order valence-electron chi connectivity index (χ1n) is 9.51. The standard InChI is InChI=1S/C23H18N4O4S.Na.H/c1-14(28)17-6-2-3-7-18(17)15-10-16(13-25-12-15)26-27-21-11-22(32(29,30)31)19-8-4-5-9-20(19)23(21)24;;/h2-13H,24H2,1H3,(H,29,30,31);;/q;+1;-1. The third-order valence-corrected chi connectivity index (χ3v) is 5.81. The zero-order chi connectivity index (χ0) is 22.9. The van der Waals surface area contributed by atoms with Gasteiger partial charge in [-0.05, 0) is 24.6 Å². The number of azo groups is 1. The number of carbonyl (C=O) groups is 1. The van der Waals surface area contributed by atoms with Gasteiger partial charge in [0.05, 0.1) is 11.9 Å². The van der Waals surface area contributed by atoms with Crippen LogP contribution in [-0.2, 0) is 10.1 Å². The summed E-state index contributed by atoms with van der Waals surface area (Å²) < 4.78 is 33.4. The summed E-state index contributed by atoms with van der Waals surface area (Å²) in [6.45, 7) is 1.49. The van der Waals surface area contributed by atoms with Crippen LogP contribution in [0.3, 0.4) is 0 Å². The van der Waals surface area contributed by atoms with E-state index in [0.29, 0.717) is 27.8 Å². The van der Waals surface area contributed by atoms with Crippen molar-refractivity contribution in [1.82, 2.24) is 4.98 Å². The van der Waals surface area contributed by atoms with Crippen LogP contribution < -0.4 is 35.3 Å². The van der Waals surface area contributed by atoms with E-state index in [1.165, 1.54) is 19.2 Å². The Morgan fingerprint density at radius 3 is 2.36 bits per heavy atom. The molecule has 0 amide bonds. The molecule has 4 aromatic rings. The first kappa shape index (κ1) is 24.7. The fourth-order valence-corrected chi connectivity index (χ4v) is 4.15. The number of carbonyl (C=O) groups excluding carboxylic acids is 1. The number of fused-ring (bicyclic) bond motifs is 1. The summed E-state index contributed by atoms with van der Waals surface area (Å²) >= 11 is 0. The molecular formula is C23H19N4NaO4S. The molecule has 0 fully saturated rings. The molecule has 1 heterocycles. The number of rotatable bonds is 5. The van der Waals surface area contributed by atoms with Crippen molar-refractivity contribution in [3.63, 3.8) is 0 Å². The van der Waals surface area contributed by atoms with Gasteiger partial charge in [-0.15, -0.1) is 10.2 Å². The van der Waals surface area contributed by atoms with Crippen LogP contribution in [0.2, 0.25) is 0 Å². The van der Waals surface area contributed by atoms with Gasteiger partial charge in [0.2, 0.25) is 0 Å². The molecule has 3 aromatic carbocycles. The molecule has 0 unspecified atom stereocenters. The van der Waals surface area contributed by atoms with Gasteiger partial charge < -0.3 is 7.16 Å². The number of ketones is 1. The third kappa shape index (κ3) is 5.18. The second kappa shape index (κ2) is 9.90. The Morgan fingerprint density at radius 2 is 1.67 bits per heavy atom. The maximum atomic E-state index is 11.9. The molecule has 0 aliphatic rings. The summed E-state index contributed by atoms with van der Waals surface area (Å²) in [5.41, 5.74) is 8.82. The molecule has 1 aromatic heterocycles. The number of pyridine rings is 1. The first-order chi connectivity index (χ1) is 15.3. The molecule has 0 saturated carbocycles. The average Bonchev–Trinajstić information content (AvgIpc) is 2.78. The zero-order valence-corrected chi connectivity index (χ0v) is 20.7. The van der Waals surface area contributed by atoms with E-state index in [4.69, 9.17) is 5.73 Å². The van der Waals surface area contributed by atoms with Crippen LogP contribution in [0.4, 0.5) is 17.1 Å². The van der Waals surface area contributed by atoms with Crippen molar-refractivity contribution in [3.05, 3.63) is 78.6 Å². The van der Waals surface area contributed by atoms with Gasteiger partial charge >= 0.3 is 29.6 Å². The van der Waals surface area contributed by atoms with E-state index in [0.717, 1.165) is 0 Å². The predicted octanol–water partition coefficient (Wildman–Crippen LogP) is 2.47. The fourth-order valence-electron chi connectivity index (χ4n) is 3.43. The smallest absolute Gasteiger partial charge is 1.00 e. The van der Waals surface area contributed by atoms with Gasteiger partial charge in [-0.25, -0.2) is 0 Å². The van der Waals surface area contributed by atoms with E-state index >= 15 is 0 Å². The monoisotopic (exact) mass is 470 g/mol. The number of anilines is 1. The van der Waals surface area contributed by atoms with E-state index in [1.54, 1.807) is 48.7 Å². The Morgan fingerprint density at radius 1 is 1.00 bits per heavy atom. The van der Waals surface area contributed by atoms with E-state index < -0.39 is 10.1 Å². The van der Waals surface area contributed by atoms with Gasteiger partial charge in [-0.2, -0.15) is 8.42 Å². The Bertz CT molecular complexity index is 1510. The van der Waals surface area contributed by atoms with Crippen molar-refractivity contribution in [2.45, 2.75) is 11.8 Å². The van der Waals surface area contributed by atoms with Crippen LogP contribution in [0.1, 0.15) is 18.7 Å². The molecule has 0 radical (unpaired) electrons. The van der Waals surface area contributed by atoms with Crippen molar-refractivity contribution < 1.29 is 48.7 Å². The molecule has 0 bridgehead atoms.